The molecule has 4 heteroatoms. The molecular weight excluding hydrogens is 298 g/mol. The lowest BCUT2D eigenvalue weighted by Crippen LogP contribution is -2.17. The third kappa shape index (κ3) is 3.54. The first-order chi connectivity index (χ1) is 11.7. The highest BCUT2D eigenvalue weighted by molar-refractivity contribution is 6.03. The number of anilines is 1. The third-order valence-electron chi connectivity index (χ3n) is 4.15. The Hall–Kier alpha value is -2.88. The average molecular weight is 319 g/mol. The number of hydrogen-bond acceptors (Lipinski definition) is 2. The van der Waals surface area contributed by atoms with Crippen molar-refractivity contribution in [2.24, 2.45) is 0 Å². The van der Waals surface area contributed by atoms with E-state index in [1.165, 1.54) is 11.1 Å². The van der Waals surface area contributed by atoms with Gasteiger partial charge in [-0.3, -0.25) is 9.78 Å². The lowest BCUT2D eigenvalue weighted by atomic mass is 10.1. The number of carbonyl (C=O) groups is 1. The number of benzene rings is 1. The van der Waals surface area contributed by atoms with Gasteiger partial charge in [-0.15, -0.1) is 0 Å². The normalized spacial score (nSPS) is 10.6. The fourth-order valence-corrected chi connectivity index (χ4v) is 2.77. The Morgan fingerprint density at radius 1 is 1.17 bits per heavy atom. The van der Waals surface area contributed by atoms with Gasteiger partial charge in [0.1, 0.15) is 5.69 Å². The third-order valence-corrected chi connectivity index (χ3v) is 4.15. The largest absolute Gasteiger partial charge is 0.339 e. The van der Waals surface area contributed by atoms with Crippen molar-refractivity contribution in [1.82, 2.24) is 9.55 Å². The summed E-state index contributed by atoms with van der Waals surface area (Å²) in [5.74, 6) is -0.0973. The maximum atomic E-state index is 12.6. The highest BCUT2D eigenvalue weighted by Crippen LogP contribution is 2.17. The highest BCUT2D eigenvalue weighted by atomic mass is 16.1. The summed E-state index contributed by atoms with van der Waals surface area (Å²) >= 11 is 0. The maximum absolute atomic E-state index is 12.6. The van der Waals surface area contributed by atoms with Gasteiger partial charge in [-0.2, -0.15) is 0 Å². The van der Waals surface area contributed by atoms with Crippen molar-refractivity contribution in [3.63, 3.8) is 0 Å². The Bertz CT molecular complexity index is 837. The molecule has 1 amide bonds. The maximum Gasteiger partial charge on any atom is 0.272 e. The van der Waals surface area contributed by atoms with E-state index in [0.717, 1.165) is 17.7 Å². The van der Waals surface area contributed by atoms with E-state index in [2.05, 4.69) is 24.1 Å². The Kier molecular flexibility index (Phi) is 4.75. The zero-order valence-electron chi connectivity index (χ0n) is 14.0. The molecule has 0 bridgehead atoms. The molecule has 0 aliphatic heterocycles. The number of carbonyl (C=O) groups excluding carboxylic acids is 1. The van der Waals surface area contributed by atoms with Gasteiger partial charge in [-0.1, -0.05) is 13.0 Å². The molecule has 4 nitrogen and oxygen atoms in total. The molecule has 0 spiro atoms. The Morgan fingerprint density at radius 2 is 1.96 bits per heavy atom. The molecule has 0 unspecified atom stereocenters. The fourth-order valence-electron chi connectivity index (χ4n) is 2.77. The van der Waals surface area contributed by atoms with E-state index in [1.807, 2.05) is 53.2 Å². The van der Waals surface area contributed by atoms with Gasteiger partial charge in [0.05, 0.1) is 0 Å². The van der Waals surface area contributed by atoms with Gasteiger partial charge in [0.15, 0.2) is 0 Å². The van der Waals surface area contributed by atoms with E-state index in [-0.39, 0.29) is 5.91 Å². The summed E-state index contributed by atoms with van der Waals surface area (Å²) < 4.78 is 1.94. The molecule has 0 aliphatic carbocycles. The second-order valence-corrected chi connectivity index (χ2v) is 5.83. The standard InChI is InChI=1S/C20H21N3O/c1-3-17-13-18(7-6-15(17)2)22-20(24)19-5-4-12-23(19)14-16-8-10-21-11-9-16/h4-13H,3,14H2,1-2H3,(H,22,24). The van der Waals surface area contributed by atoms with Crippen LogP contribution >= 0.6 is 0 Å². The van der Waals surface area contributed by atoms with Gasteiger partial charge < -0.3 is 9.88 Å². The fraction of sp³-hybridized carbons (Fsp3) is 0.200. The topological polar surface area (TPSA) is 46.9 Å². The van der Waals surface area contributed by atoms with E-state index in [4.69, 9.17) is 0 Å². The van der Waals surface area contributed by atoms with Crippen LogP contribution in [0.4, 0.5) is 5.69 Å². The van der Waals surface area contributed by atoms with Crippen LogP contribution in [-0.2, 0) is 13.0 Å². The van der Waals surface area contributed by atoms with Crippen molar-refractivity contribution in [3.05, 3.63) is 83.4 Å². The van der Waals surface area contributed by atoms with Crippen LogP contribution in [0.3, 0.4) is 0 Å². The molecule has 1 N–H and O–H groups in total. The zero-order valence-corrected chi connectivity index (χ0v) is 14.0. The molecule has 0 fully saturated rings. The van der Waals surface area contributed by atoms with E-state index >= 15 is 0 Å². The molecular formula is C20H21N3O. The molecule has 1 aromatic carbocycles. The van der Waals surface area contributed by atoms with E-state index in [0.29, 0.717) is 12.2 Å². The predicted octanol–water partition coefficient (Wildman–Crippen LogP) is 4.05. The predicted molar refractivity (Wildman–Crippen MR) is 96.3 cm³/mol. The summed E-state index contributed by atoms with van der Waals surface area (Å²) in [6.45, 7) is 4.85. The lowest BCUT2D eigenvalue weighted by Gasteiger charge is -2.11. The zero-order chi connectivity index (χ0) is 16.9. The van der Waals surface area contributed by atoms with E-state index in [9.17, 15) is 4.79 Å². The summed E-state index contributed by atoms with van der Waals surface area (Å²) in [5.41, 5.74) is 5.08. The Balaban J connectivity index is 1.78. The number of aryl methyl sites for hydroxylation is 2. The minimum absolute atomic E-state index is 0.0973. The van der Waals surface area contributed by atoms with Gasteiger partial charge in [-0.05, 0) is 66.4 Å². The van der Waals surface area contributed by atoms with Crippen LogP contribution in [0, 0.1) is 6.92 Å². The minimum Gasteiger partial charge on any atom is -0.339 e. The quantitative estimate of drug-likeness (QED) is 0.771. The van der Waals surface area contributed by atoms with Gasteiger partial charge >= 0.3 is 0 Å². The number of amides is 1. The molecule has 0 saturated heterocycles. The van der Waals surface area contributed by atoms with Gasteiger partial charge in [0.25, 0.3) is 5.91 Å². The SMILES string of the molecule is CCc1cc(NC(=O)c2cccn2Cc2ccncc2)ccc1C. The van der Waals surface area contributed by atoms with Gasteiger partial charge in [-0.25, -0.2) is 0 Å². The van der Waals surface area contributed by atoms with Crippen molar-refractivity contribution < 1.29 is 4.79 Å². The smallest absolute Gasteiger partial charge is 0.272 e. The van der Waals surface area contributed by atoms with E-state index in [1.54, 1.807) is 12.4 Å². The van der Waals surface area contributed by atoms with Gasteiger partial charge in [0.2, 0.25) is 0 Å². The molecule has 0 saturated carbocycles. The molecule has 2 heterocycles. The van der Waals surface area contributed by atoms with Crippen molar-refractivity contribution in [3.8, 4) is 0 Å². The second kappa shape index (κ2) is 7.13. The number of nitrogens with zero attached hydrogens (tertiary/aromatic N) is 2. The van der Waals surface area contributed by atoms with Crippen molar-refractivity contribution >= 4 is 11.6 Å². The highest BCUT2D eigenvalue weighted by Gasteiger charge is 2.12. The van der Waals surface area contributed by atoms with Crippen molar-refractivity contribution in [1.29, 1.82) is 0 Å². The molecule has 3 aromatic rings. The summed E-state index contributed by atoms with van der Waals surface area (Å²) in [7, 11) is 0. The van der Waals surface area contributed by atoms with Crippen LogP contribution in [-0.4, -0.2) is 15.5 Å². The molecule has 0 radical (unpaired) electrons. The van der Waals surface area contributed by atoms with Crippen molar-refractivity contribution in [2.75, 3.05) is 5.32 Å². The first-order valence-corrected chi connectivity index (χ1v) is 8.12. The molecule has 0 atom stereocenters. The van der Waals surface area contributed by atoms with Crippen LogP contribution < -0.4 is 5.32 Å². The molecule has 122 valence electrons. The average Bonchev–Trinajstić information content (AvgIpc) is 3.05. The number of pyridine rings is 1. The van der Waals surface area contributed by atoms with Crippen molar-refractivity contribution in [2.45, 2.75) is 26.8 Å². The number of nitrogens with one attached hydrogen (secondary N) is 1. The second-order valence-electron chi connectivity index (χ2n) is 5.83. The molecule has 3 rings (SSSR count). The van der Waals surface area contributed by atoms with Crippen LogP contribution in [0.5, 0.6) is 0 Å². The minimum atomic E-state index is -0.0973. The Labute approximate surface area is 142 Å². The monoisotopic (exact) mass is 319 g/mol. The molecule has 24 heavy (non-hydrogen) atoms. The number of aromatic nitrogens is 2. The van der Waals surface area contributed by atoms with Crippen LogP contribution in [0.2, 0.25) is 0 Å². The molecule has 0 aliphatic rings. The number of rotatable bonds is 5. The van der Waals surface area contributed by atoms with Crippen LogP contribution in [0.25, 0.3) is 0 Å². The summed E-state index contributed by atoms with van der Waals surface area (Å²) in [4.78, 5) is 16.6. The van der Waals surface area contributed by atoms with Crippen LogP contribution in [0.15, 0.2) is 61.1 Å². The first kappa shape index (κ1) is 16.0. The lowest BCUT2D eigenvalue weighted by molar-refractivity contribution is 0.101. The molecule has 2 aromatic heterocycles. The first-order valence-electron chi connectivity index (χ1n) is 8.12. The Morgan fingerprint density at radius 3 is 2.71 bits per heavy atom. The van der Waals surface area contributed by atoms with E-state index < -0.39 is 0 Å². The van der Waals surface area contributed by atoms with Gasteiger partial charge in [0, 0.05) is 30.8 Å². The summed E-state index contributed by atoms with van der Waals surface area (Å²) in [6, 6.07) is 13.7. The summed E-state index contributed by atoms with van der Waals surface area (Å²) in [5, 5.41) is 3.00. The van der Waals surface area contributed by atoms with Crippen LogP contribution in [0.1, 0.15) is 34.1 Å². The number of hydrogen-bond donors (Lipinski definition) is 1. The summed E-state index contributed by atoms with van der Waals surface area (Å²) in [6.07, 6.45) is 6.39.